The fourth-order valence-corrected chi connectivity index (χ4v) is 3.90. The van der Waals surface area contributed by atoms with Gasteiger partial charge in [0.1, 0.15) is 5.60 Å². The number of ether oxygens (including phenoxy) is 1. The van der Waals surface area contributed by atoms with Gasteiger partial charge in [0.05, 0.1) is 0 Å². The van der Waals surface area contributed by atoms with Crippen molar-refractivity contribution in [1.29, 1.82) is 0 Å². The van der Waals surface area contributed by atoms with Gasteiger partial charge in [0.25, 0.3) is 5.91 Å². The summed E-state index contributed by atoms with van der Waals surface area (Å²) < 4.78 is 5.40. The molecular weight excluding hydrogens is 412 g/mol. The van der Waals surface area contributed by atoms with Gasteiger partial charge in [-0.05, 0) is 63.8 Å². The first-order chi connectivity index (χ1) is 15.0. The molecule has 2 aliphatic rings. The number of benzene rings is 1. The third kappa shape index (κ3) is 5.99. The first-order valence-corrected chi connectivity index (χ1v) is 11.0. The van der Waals surface area contributed by atoms with Crippen LogP contribution in [0.3, 0.4) is 0 Å². The van der Waals surface area contributed by atoms with Crippen molar-refractivity contribution in [2.45, 2.75) is 45.6 Å². The Hall–Kier alpha value is -3.10. The van der Waals surface area contributed by atoms with E-state index in [1.807, 2.05) is 25.7 Å². The number of rotatable bonds is 4. The van der Waals surface area contributed by atoms with E-state index in [0.29, 0.717) is 43.3 Å². The van der Waals surface area contributed by atoms with Crippen molar-refractivity contribution >= 4 is 29.6 Å². The minimum Gasteiger partial charge on any atom is -0.444 e. The summed E-state index contributed by atoms with van der Waals surface area (Å²) >= 11 is 0. The zero-order chi connectivity index (χ0) is 23.5. The van der Waals surface area contributed by atoms with Crippen LogP contribution in [0, 0.1) is 5.92 Å². The Morgan fingerprint density at radius 1 is 1.09 bits per heavy atom. The van der Waals surface area contributed by atoms with Gasteiger partial charge in [0.15, 0.2) is 0 Å². The lowest BCUT2D eigenvalue weighted by Gasteiger charge is -2.34. The highest BCUT2D eigenvalue weighted by atomic mass is 16.6. The van der Waals surface area contributed by atoms with Gasteiger partial charge in [-0.15, -0.1) is 0 Å². The third-order valence-corrected chi connectivity index (χ3v) is 5.62. The largest absolute Gasteiger partial charge is 0.444 e. The standard InChI is InChI=1S/C23H32N4O5/c1-23(2,3)32-22(31)25(4)15-16-9-12-26(13-10-16)20(29)17-5-7-18(8-6-17)27-14-11-19(28)24-21(27)30/h5-8,16H,9-15H2,1-4H3,(H,24,28,30). The van der Waals surface area contributed by atoms with Crippen LogP contribution >= 0.6 is 0 Å². The van der Waals surface area contributed by atoms with Gasteiger partial charge < -0.3 is 14.5 Å². The number of nitrogens with zero attached hydrogens (tertiary/aromatic N) is 3. The molecule has 2 heterocycles. The molecule has 2 fully saturated rings. The van der Waals surface area contributed by atoms with Crippen molar-refractivity contribution in [3.05, 3.63) is 29.8 Å². The van der Waals surface area contributed by atoms with Gasteiger partial charge in [-0.25, -0.2) is 9.59 Å². The van der Waals surface area contributed by atoms with Crippen LogP contribution in [-0.4, -0.2) is 72.6 Å². The molecule has 32 heavy (non-hydrogen) atoms. The van der Waals surface area contributed by atoms with Crippen LogP contribution in [0.5, 0.6) is 0 Å². The summed E-state index contributed by atoms with van der Waals surface area (Å²) in [6.45, 7) is 7.72. The lowest BCUT2D eigenvalue weighted by molar-refractivity contribution is -0.120. The Labute approximate surface area is 188 Å². The molecule has 0 spiro atoms. The minimum atomic E-state index is -0.522. The zero-order valence-electron chi connectivity index (χ0n) is 19.2. The second-order valence-electron chi connectivity index (χ2n) is 9.40. The topological polar surface area (TPSA) is 99.3 Å². The summed E-state index contributed by atoms with van der Waals surface area (Å²) in [5, 5.41) is 2.29. The second kappa shape index (κ2) is 9.58. The smallest absolute Gasteiger partial charge is 0.410 e. The Morgan fingerprint density at radius 2 is 1.72 bits per heavy atom. The predicted molar refractivity (Wildman–Crippen MR) is 119 cm³/mol. The highest BCUT2D eigenvalue weighted by Gasteiger charge is 2.28. The Morgan fingerprint density at radius 3 is 2.28 bits per heavy atom. The fraction of sp³-hybridized carbons (Fsp3) is 0.565. The van der Waals surface area contributed by atoms with E-state index in [2.05, 4.69) is 5.32 Å². The van der Waals surface area contributed by atoms with Crippen LogP contribution in [0.2, 0.25) is 0 Å². The molecule has 1 N–H and O–H groups in total. The first-order valence-electron chi connectivity index (χ1n) is 11.0. The number of hydrogen-bond donors (Lipinski definition) is 1. The Kier molecular flexibility index (Phi) is 7.06. The maximum absolute atomic E-state index is 12.9. The molecule has 0 saturated carbocycles. The van der Waals surface area contributed by atoms with Crippen molar-refractivity contribution < 1.29 is 23.9 Å². The molecule has 0 atom stereocenters. The van der Waals surface area contributed by atoms with Crippen molar-refractivity contribution in [2.24, 2.45) is 5.92 Å². The van der Waals surface area contributed by atoms with Crippen molar-refractivity contribution in [1.82, 2.24) is 15.1 Å². The molecular formula is C23H32N4O5. The van der Waals surface area contributed by atoms with E-state index >= 15 is 0 Å². The van der Waals surface area contributed by atoms with Gasteiger partial charge >= 0.3 is 12.1 Å². The van der Waals surface area contributed by atoms with Gasteiger partial charge in [-0.3, -0.25) is 19.8 Å². The summed E-state index contributed by atoms with van der Waals surface area (Å²) in [5.74, 6) is -0.00761. The number of likely N-dealkylation sites (tertiary alicyclic amines) is 1. The number of amides is 5. The third-order valence-electron chi connectivity index (χ3n) is 5.62. The first kappa shape index (κ1) is 23.6. The van der Waals surface area contributed by atoms with E-state index in [-0.39, 0.29) is 24.3 Å². The van der Waals surface area contributed by atoms with Crippen LogP contribution in [0.25, 0.3) is 0 Å². The van der Waals surface area contributed by atoms with Crippen molar-refractivity contribution in [3.8, 4) is 0 Å². The summed E-state index contributed by atoms with van der Waals surface area (Å²) in [6, 6.07) is 6.43. The van der Waals surface area contributed by atoms with E-state index in [4.69, 9.17) is 4.74 Å². The fourth-order valence-electron chi connectivity index (χ4n) is 3.90. The van der Waals surface area contributed by atoms with Crippen LogP contribution in [0.1, 0.15) is 50.4 Å². The molecule has 174 valence electrons. The number of imide groups is 1. The molecule has 5 amide bonds. The zero-order valence-corrected chi connectivity index (χ0v) is 19.2. The lowest BCUT2D eigenvalue weighted by atomic mass is 9.96. The molecule has 0 bridgehead atoms. The molecule has 9 nitrogen and oxygen atoms in total. The summed E-state index contributed by atoms with van der Waals surface area (Å²) in [6.07, 6.45) is 1.56. The Balaban J connectivity index is 1.50. The highest BCUT2D eigenvalue weighted by molar-refractivity contribution is 6.05. The molecule has 3 rings (SSSR count). The maximum Gasteiger partial charge on any atom is 0.410 e. The molecule has 0 aliphatic carbocycles. The highest BCUT2D eigenvalue weighted by Crippen LogP contribution is 2.23. The molecule has 0 radical (unpaired) electrons. The Bertz CT molecular complexity index is 869. The van der Waals surface area contributed by atoms with Crippen LogP contribution in [0.4, 0.5) is 15.3 Å². The molecule has 0 unspecified atom stereocenters. The number of urea groups is 1. The van der Waals surface area contributed by atoms with E-state index in [1.165, 1.54) is 4.90 Å². The monoisotopic (exact) mass is 444 g/mol. The molecule has 1 aromatic carbocycles. The minimum absolute atomic E-state index is 0.0474. The van der Waals surface area contributed by atoms with E-state index < -0.39 is 11.6 Å². The average molecular weight is 445 g/mol. The summed E-state index contributed by atoms with van der Waals surface area (Å²) in [4.78, 5) is 53.3. The van der Waals surface area contributed by atoms with Gasteiger partial charge in [0.2, 0.25) is 5.91 Å². The maximum atomic E-state index is 12.9. The second-order valence-corrected chi connectivity index (χ2v) is 9.40. The van der Waals surface area contributed by atoms with Gasteiger partial charge in [-0.1, -0.05) is 0 Å². The van der Waals surface area contributed by atoms with E-state index in [9.17, 15) is 19.2 Å². The van der Waals surface area contributed by atoms with Crippen molar-refractivity contribution in [3.63, 3.8) is 0 Å². The molecule has 2 aliphatic heterocycles. The van der Waals surface area contributed by atoms with Gasteiger partial charge in [0, 0.05) is 50.9 Å². The SMILES string of the molecule is CN(CC1CCN(C(=O)c2ccc(N3CCC(=O)NC3=O)cc2)CC1)C(=O)OC(C)(C)C. The van der Waals surface area contributed by atoms with Crippen LogP contribution in [0.15, 0.2) is 24.3 Å². The molecule has 9 heteroatoms. The summed E-state index contributed by atoms with van der Waals surface area (Å²) in [7, 11) is 1.74. The number of nitrogens with one attached hydrogen (secondary N) is 1. The molecule has 1 aromatic rings. The van der Waals surface area contributed by atoms with Crippen LogP contribution < -0.4 is 10.2 Å². The van der Waals surface area contributed by atoms with Crippen LogP contribution in [-0.2, 0) is 9.53 Å². The number of piperidine rings is 1. The predicted octanol–water partition coefficient (Wildman–Crippen LogP) is 2.85. The molecule has 2 saturated heterocycles. The lowest BCUT2D eigenvalue weighted by Crippen LogP contribution is -2.49. The van der Waals surface area contributed by atoms with E-state index in [1.54, 1.807) is 36.2 Å². The summed E-state index contributed by atoms with van der Waals surface area (Å²) in [5.41, 5.74) is 0.688. The molecule has 0 aromatic heterocycles. The average Bonchev–Trinajstić information content (AvgIpc) is 2.73. The number of carbonyl (C=O) groups excluding carboxylic acids is 4. The normalized spacial score (nSPS) is 17.8. The van der Waals surface area contributed by atoms with Gasteiger partial charge in [-0.2, -0.15) is 0 Å². The van der Waals surface area contributed by atoms with E-state index in [0.717, 1.165) is 12.8 Å². The quantitative estimate of drug-likeness (QED) is 0.770. The number of hydrogen-bond acceptors (Lipinski definition) is 5. The van der Waals surface area contributed by atoms with Crippen molar-refractivity contribution in [2.75, 3.05) is 38.1 Å². The number of carbonyl (C=O) groups is 4. The number of anilines is 1.